The minimum atomic E-state index is -1.02. The third-order valence-corrected chi connectivity index (χ3v) is 5.55. The van der Waals surface area contributed by atoms with Gasteiger partial charge in [-0.15, -0.1) is 11.3 Å². The molecule has 8 heteroatoms. The second-order valence-electron chi connectivity index (χ2n) is 6.12. The summed E-state index contributed by atoms with van der Waals surface area (Å²) in [5.74, 6) is -0.800. The molecule has 0 atom stereocenters. The molecule has 1 fully saturated rings. The zero-order valence-corrected chi connectivity index (χ0v) is 14.0. The minimum Gasteiger partial charge on any atom is -0.477 e. The lowest BCUT2D eigenvalue weighted by Crippen LogP contribution is -2.10. The van der Waals surface area contributed by atoms with Gasteiger partial charge in [-0.05, 0) is 18.9 Å². The van der Waals surface area contributed by atoms with Crippen LogP contribution in [-0.2, 0) is 0 Å². The minimum absolute atomic E-state index is 0.175. The number of aromatic nitrogens is 3. The Morgan fingerprint density at radius 1 is 1.44 bits per heavy atom. The Morgan fingerprint density at radius 3 is 2.84 bits per heavy atom. The zero-order chi connectivity index (χ0) is 17.6. The van der Waals surface area contributed by atoms with Gasteiger partial charge in [0.25, 0.3) is 5.56 Å². The first kappa shape index (κ1) is 15.6. The van der Waals surface area contributed by atoms with Crippen LogP contribution in [0.4, 0.5) is 0 Å². The Kier molecular flexibility index (Phi) is 3.66. The van der Waals surface area contributed by atoms with E-state index in [1.807, 2.05) is 0 Å². The van der Waals surface area contributed by atoms with Gasteiger partial charge in [0.05, 0.1) is 16.9 Å². The summed E-state index contributed by atoms with van der Waals surface area (Å²) < 4.78 is 1.48. The van der Waals surface area contributed by atoms with E-state index < -0.39 is 5.97 Å². The maximum Gasteiger partial charge on any atom is 0.345 e. The van der Waals surface area contributed by atoms with Crippen LogP contribution in [0.5, 0.6) is 0 Å². The van der Waals surface area contributed by atoms with Crippen LogP contribution >= 0.6 is 11.3 Å². The molecule has 0 unspecified atom stereocenters. The lowest BCUT2D eigenvalue weighted by molar-refractivity contribution is 0.0702. The standard InChI is InChI=1S/C17H14N4O3S/c18-6-10-7-19-16(22)15-13(10)14(9-3-1-2-4-9)20-21(15)11-5-12(17(23)24)25-8-11/h5,7-9H,1-4H2,(H,19,22)(H,23,24). The predicted octanol–water partition coefficient (Wildman–Crippen LogP) is 3.00. The molecule has 3 aromatic rings. The van der Waals surface area contributed by atoms with Crippen LogP contribution < -0.4 is 5.56 Å². The van der Waals surface area contributed by atoms with Gasteiger partial charge < -0.3 is 10.1 Å². The van der Waals surface area contributed by atoms with E-state index in [0.717, 1.165) is 42.7 Å². The van der Waals surface area contributed by atoms with Gasteiger partial charge in [0.15, 0.2) is 0 Å². The Balaban J connectivity index is 2.03. The molecule has 0 aliphatic heterocycles. The molecule has 7 nitrogen and oxygen atoms in total. The first-order chi connectivity index (χ1) is 12.1. The van der Waals surface area contributed by atoms with Gasteiger partial charge >= 0.3 is 5.97 Å². The van der Waals surface area contributed by atoms with Crippen molar-refractivity contribution in [1.29, 1.82) is 5.26 Å². The highest BCUT2D eigenvalue weighted by molar-refractivity contribution is 7.12. The van der Waals surface area contributed by atoms with E-state index in [-0.39, 0.29) is 16.4 Å². The van der Waals surface area contributed by atoms with Crippen molar-refractivity contribution < 1.29 is 9.90 Å². The highest BCUT2D eigenvalue weighted by Crippen LogP contribution is 2.38. The van der Waals surface area contributed by atoms with Crippen LogP contribution in [0.1, 0.15) is 52.5 Å². The number of carboxylic acids is 1. The lowest BCUT2D eigenvalue weighted by atomic mass is 9.99. The van der Waals surface area contributed by atoms with E-state index in [1.54, 1.807) is 5.38 Å². The monoisotopic (exact) mass is 354 g/mol. The highest BCUT2D eigenvalue weighted by atomic mass is 32.1. The van der Waals surface area contributed by atoms with Crippen molar-refractivity contribution in [3.63, 3.8) is 0 Å². The number of aromatic amines is 1. The molecule has 3 heterocycles. The molecular formula is C17H14N4O3S. The average molecular weight is 354 g/mol. The van der Waals surface area contributed by atoms with Gasteiger partial charge in [0.1, 0.15) is 16.5 Å². The number of carbonyl (C=O) groups is 1. The Labute approximate surface area is 146 Å². The molecule has 2 N–H and O–H groups in total. The van der Waals surface area contributed by atoms with Crippen molar-refractivity contribution in [2.45, 2.75) is 31.6 Å². The topological polar surface area (TPSA) is 112 Å². The fourth-order valence-corrected chi connectivity index (χ4v) is 4.20. The second-order valence-corrected chi connectivity index (χ2v) is 7.03. The van der Waals surface area contributed by atoms with Crippen LogP contribution in [0.25, 0.3) is 16.6 Å². The average Bonchev–Trinajstić information content (AvgIpc) is 3.33. The summed E-state index contributed by atoms with van der Waals surface area (Å²) in [7, 11) is 0. The van der Waals surface area contributed by atoms with Gasteiger partial charge in [0, 0.05) is 22.9 Å². The fourth-order valence-electron chi connectivity index (χ4n) is 3.50. The quantitative estimate of drug-likeness (QED) is 0.751. The number of hydrogen-bond acceptors (Lipinski definition) is 5. The van der Waals surface area contributed by atoms with Crippen LogP contribution in [-0.4, -0.2) is 25.8 Å². The number of hydrogen-bond donors (Lipinski definition) is 2. The smallest absolute Gasteiger partial charge is 0.345 e. The van der Waals surface area contributed by atoms with E-state index in [2.05, 4.69) is 16.2 Å². The Morgan fingerprint density at radius 2 is 2.20 bits per heavy atom. The number of nitriles is 1. The van der Waals surface area contributed by atoms with E-state index in [1.165, 1.54) is 16.9 Å². The first-order valence-electron chi connectivity index (χ1n) is 7.96. The van der Waals surface area contributed by atoms with Gasteiger partial charge in [-0.3, -0.25) is 4.79 Å². The lowest BCUT2D eigenvalue weighted by Gasteiger charge is -2.05. The molecule has 0 spiro atoms. The highest BCUT2D eigenvalue weighted by Gasteiger charge is 2.27. The molecule has 1 aliphatic rings. The summed E-state index contributed by atoms with van der Waals surface area (Å²) in [6.07, 6.45) is 5.59. The molecule has 126 valence electrons. The summed E-state index contributed by atoms with van der Waals surface area (Å²) >= 11 is 1.08. The number of pyridine rings is 1. The number of carboxylic acid groups (broad SMARTS) is 1. The molecule has 4 rings (SSSR count). The van der Waals surface area contributed by atoms with E-state index in [9.17, 15) is 14.9 Å². The van der Waals surface area contributed by atoms with Crippen molar-refractivity contribution in [2.75, 3.05) is 0 Å². The molecule has 0 bridgehead atoms. The summed E-state index contributed by atoms with van der Waals surface area (Å²) in [6, 6.07) is 3.63. The predicted molar refractivity (Wildman–Crippen MR) is 92.5 cm³/mol. The molecular weight excluding hydrogens is 340 g/mol. The summed E-state index contributed by atoms with van der Waals surface area (Å²) in [4.78, 5) is 26.4. The van der Waals surface area contributed by atoms with E-state index in [4.69, 9.17) is 5.11 Å². The maximum absolute atomic E-state index is 12.5. The molecule has 1 aliphatic carbocycles. The van der Waals surface area contributed by atoms with Gasteiger partial charge in [-0.2, -0.15) is 10.4 Å². The number of nitrogens with zero attached hydrogens (tertiary/aromatic N) is 3. The summed E-state index contributed by atoms with van der Waals surface area (Å²) in [6.45, 7) is 0. The second kappa shape index (κ2) is 5.86. The molecule has 3 aromatic heterocycles. The van der Waals surface area contributed by atoms with Crippen molar-refractivity contribution in [3.8, 4) is 11.8 Å². The number of H-pyrrole nitrogens is 1. The number of aromatic carboxylic acids is 1. The maximum atomic E-state index is 12.5. The largest absolute Gasteiger partial charge is 0.477 e. The molecule has 25 heavy (non-hydrogen) atoms. The first-order valence-corrected chi connectivity index (χ1v) is 8.84. The molecule has 0 saturated heterocycles. The number of nitrogens with one attached hydrogen (secondary N) is 1. The SMILES string of the molecule is N#Cc1c[nH]c(=O)c2c1c(C1CCCC1)nn2-c1csc(C(=O)O)c1. The van der Waals surface area contributed by atoms with E-state index >= 15 is 0 Å². The van der Waals surface area contributed by atoms with Crippen molar-refractivity contribution >= 4 is 28.2 Å². The van der Waals surface area contributed by atoms with E-state index in [0.29, 0.717) is 22.2 Å². The number of fused-ring (bicyclic) bond motifs is 1. The van der Waals surface area contributed by atoms with Crippen LogP contribution in [0.15, 0.2) is 22.4 Å². The molecule has 0 aromatic carbocycles. The summed E-state index contributed by atoms with van der Waals surface area (Å²) in [5, 5.41) is 25.5. The zero-order valence-electron chi connectivity index (χ0n) is 13.2. The van der Waals surface area contributed by atoms with Gasteiger partial charge in [0.2, 0.25) is 0 Å². The third kappa shape index (κ3) is 2.44. The van der Waals surface area contributed by atoms with Crippen LogP contribution in [0, 0.1) is 11.3 Å². The summed E-state index contributed by atoms with van der Waals surface area (Å²) in [5.41, 5.74) is 1.64. The third-order valence-electron chi connectivity index (χ3n) is 4.65. The normalized spacial score (nSPS) is 14.8. The molecule has 1 saturated carbocycles. The van der Waals surface area contributed by atoms with Crippen LogP contribution in [0.2, 0.25) is 0 Å². The van der Waals surface area contributed by atoms with Crippen molar-refractivity contribution in [3.05, 3.63) is 44.1 Å². The number of rotatable bonds is 3. The fraction of sp³-hybridized carbons (Fsp3) is 0.294. The van der Waals surface area contributed by atoms with Crippen LogP contribution in [0.3, 0.4) is 0 Å². The van der Waals surface area contributed by atoms with Crippen molar-refractivity contribution in [2.24, 2.45) is 0 Å². The Hall–Kier alpha value is -2.92. The molecule has 0 amide bonds. The van der Waals surface area contributed by atoms with Crippen molar-refractivity contribution in [1.82, 2.24) is 14.8 Å². The van der Waals surface area contributed by atoms with Gasteiger partial charge in [-0.25, -0.2) is 9.48 Å². The molecule has 0 radical (unpaired) electrons. The van der Waals surface area contributed by atoms with Gasteiger partial charge in [-0.1, -0.05) is 12.8 Å². The Bertz CT molecular complexity index is 1080. The number of thiophene rings is 1.